The topological polar surface area (TPSA) is 52.6 Å². The molecule has 2 N–H and O–H groups in total. The molecule has 1 aromatic carbocycles. The van der Waals surface area contributed by atoms with Crippen molar-refractivity contribution in [2.45, 2.75) is 70.4 Å². The summed E-state index contributed by atoms with van der Waals surface area (Å²) in [7, 11) is 0. The summed E-state index contributed by atoms with van der Waals surface area (Å²) in [5.74, 6) is 0.739. The molecule has 2 fully saturated rings. The molecule has 1 unspecified atom stereocenters. The van der Waals surface area contributed by atoms with Crippen molar-refractivity contribution in [1.82, 2.24) is 5.32 Å². The number of rotatable bonds is 7. The molecule has 1 aromatic rings. The molecule has 1 heterocycles. The number of unbranched alkanes of at least 4 members (excludes halogenated alkanes) is 1. The molecule has 4 nitrogen and oxygen atoms in total. The lowest BCUT2D eigenvalue weighted by Gasteiger charge is -2.34. The Kier molecular flexibility index (Phi) is 6.35. The Morgan fingerprint density at radius 1 is 1.20 bits per heavy atom. The molecule has 1 aliphatic heterocycles. The molecule has 25 heavy (non-hydrogen) atoms. The summed E-state index contributed by atoms with van der Waals surface area (Å²) in [5, 5.41) is 12.9. The first kappa shape index (κ1) is 18.2. The summed E-state index contributed by atoms with van der Waals surface area (Å²) in [6, 6.07) is 8.29. The van der Waals surface area contributed by atoms with Crippen LogP contribution in [-0.4, -0.2) is 36.2 Å². The van der Waals surface area contributed by atoms with Crippen LogP contribution in [0.1, 0.15) is 68.6 Å². The SMILES string of the molecule is CCCCC(NC(=O)c1ccc(N2CCC(O)CC2)cc1)C1CCC1. The third-order valence-corrected chi connectivity index (χ3v) is 5.86. The van der Waals surface area contributed by atoms with Gasteiger partial charge in [0, 0.05) is 30.4 Å². The Bertz CT molecular complexity index is 546. The normalized spacial score (nSPS) is 20.2. The monoisotopic (exact) mass is 344 g/mol. The third-order valence-electron chi connectivity index (χ3n) is 5.86. The highest BCUT2D eigenvalue weighted by atomic mass is 16.3. The number of hydrogen-bond acceptors (Lipinski definition) is 3. The average Bonchev–Trinajstić information content (AvgIpc) is 2.59. The van der Waals surface area contributed by atoms with Gasteiger partial charge in [-0.15, -0.1) is 0 Å². The molecule has 1 aliphatic carbocycles. The van der Waals surface area contributed by atoms with E-state index in [0.717, 1.165) is 43.6 Å². The van der Waals surface area contributed by atoms with Crippen LogP contribution >= 0.6 is 0 Å². The summed E-state index contributed by atoms with van der Waals surface area (Å²) >= 11 is 0. The van der Waals surface area contributed by atoms with Gasteiger partial charge in [-0.1, -0.05) is 26.2 Å². The zero-order chi connectivity index (χ0) is 17.6. The first-order valence-electron chi connectivity index (χ1n) is 10.0. The van der Waals surface area contributed by atoms with Gasteiger partial charge >= 0.3 is 0 Å². The van der Waals surface area contributed by atoms with Crippen LogP contribution in [0.4, 0.5) is 5.69 Å². The molecule has 138 valence electrons. The molecule has 2 aliphatic rings. The zero-order valence-corrected chi connectivity index (χ0v) is 15.4. The fourth-order valence-electron chi connectivity index (χ4n) is 3.89. The second-order valence-electron chi connectivity index (χ2n) is 7.68. The van der Waals surface area contributed by atoms with E-state index in [1.54, 1.807) is 0 Å². The maximum Gasteiger partial charge on any atom is 0.251 e. The van der Waals surface area contributed by atoms with Crippen molar-refractivity contribution in [3.8, 4) is 0 Å². The number of nitrogens with one attached hydrogen (secondary N) is 1. The molecule has 1 saturated carbocycles. The Labute approximate surface area is 151 Å². The van der Waals surface area contributed by atoms with E-state index in [0.29, 0.717) is 12.0 Å². The average molecular weight is 344 g/mol. The number of piperidine rings is 1. The van der Waals surface area contributed by atoms with Crippen LogP contribution in [0.3, 0.4) is 0 Å². The van der Waals surface area contributed by atoms with Gasteiger partial charge in [0.2, 0.25) is 0 Å². The number of hydrogen-bond donors (Lipinski definition) is 2. The van der Waals surface area contributed by atoms with Crippen LogP contribution < -0.4 is 10.2 Å². The number of aliphatic hydroxyl groups is 1. The molecule has 1 atom stereocenters. The van der Waals surface area contributed by atoms with Crippen LogP contribution in [0.25, 0.3) is 0 Å². The maximum absolute atomic E-state index is 12.6. The van der Waals surface area contributed by atoms with Gasteiger partial charge in [-0.25, -0.2) is 0 Å². The molecule has 1 saturated heterocycles. The number of anilines is 1. The van der Waals surface area contributed by atoms with Crippen LogP contribution in [0.5, 0.6) is 0 Å². The maximum atomic E-state index is 12.6. The molecular formula is C21H32N2O2. The summed E-state index contributed by atoms with van der Waals surface area (Å²) in [5.41, 5.74) is 1.89. The molecule has 3 rings (SSSR count). The number of amides is 1. The molecule has 1 amide bonds. The van der Waals surface area contributed by atoms with E-state index in [1.807, 2.05) is 24.3 Å². The van der Waals surface area contributed by atoms with E-state index in [4.69, 9.17) is 0 Å². The zero-order valence-electron chi connectivity index (χ0n) is 15.4. The van der Waals surface area contributed by atoms with Gasteiger partial charge < -0.3 is 15.3 Å². The van der Waals surface area contributed by atoms with Gasteiger partial charge in [0.05, 0.1) is 6.10 Å². The summed E-state index contributed by atoms with van der Waals surface area (Å²) in [6.45, 7) is 3.97. The third kappa shape index (κ3) is 4.75. The van der Waals surface area contributed by atoms with Gasteiger partial charge in [0.15, 0.2) is 0 Å². The fraction of sp³-hybridized carbons (Fsp3) is 0.667. The fourth-order valence-corrected chi connectivity index (χ4v) is 3.89. The summed E-state index contributed by atoms with van der Waals surface area (Å²) < 4.78 is 0. The smallest absolute Gasteiger partial charge is 0.251 e. The highest BCUT2D eigenvalue weighted by Crippen LogP contribution is 2.32. The Balaban J connectivity index is 1.57. The van der Waals surface area contributed by atoms with E-state index < -0.39 is 0 Å². The highest BCUT2D eigenvalue weighted by Gasteiger charge is 2.28. The lowest BCUT2D eigenvalue weighted by atomic mass is 9.78. The number of carbonyl (C=O) groups excluding carboxylic acids is 1. The molecule has 4 heteroatoms. The van der Waals surface area contributed by atoms with E-state index in [-0.39, 0.29) is 12.0 Å². The van der Waals surface area contributed by atoms with Gasteiger partial charge in [0.25, 0.3) is 5.91 Å². The Hall–Kier alpha value is -1.55. The molecular weight excluding hydrogens is 312 g/mol. The van der Waals surface area contributed by atoms with E-state index >= 15 is 0 Å². The van der Waals surface area contributed by atoms with E-state index in [9.17, 15) is 9.90 Å². The van der Waals surface area contributed by atoms with Crippen LogP contribution in [0, 0.1) is 5.92 Å². The van der Waals surface area contributed by atoms with Crippen LogP contribution in [0.15, 0.2) is 24.3 Å². The van der Waals surface area contributed by atoms with E-state index in [1.165, 1.54) is 32.1 Å². The lowest BCUT2D eigenvalue weighted by Crippen LogP contribution is -2.42. The van der Waals surface area contributed by atoms with Crippen LogP contribution in [-0.2, 0) is 0 Å². The summed E-state index contributed by atoms with van der Waals surface area (Å²) in [4.78, 5) is 14.9. The predicted molar refractivity (Wildman–Crippen MR) is 102 cm³/mol. The Morgan fingerprint density at radius 2 is 1.88 bits per heavy atom. The van der Waals surface area contributed by atoms with Crippen molar-refractivity contribution in [3.63, 3.8) is 0 Å². The van der Waals surface area contributed by atoms with Crippen molar-refractivity contribution in [2.75, 3.05) is 18.0 Å². The molecule has 0 bridgehead atoms. The number of carbonyl (C=O) groups is 1. The van der Waals surface area contributed by atoms with Crippen molar-refractivity contribution in [2.24, 2.45) is 5.92 Å². The molecule has 0 spiro atoms. The van der Waals surface area contributed by atoms with Gasteiger partial charge in [0.1, 0.15) is 0 Å². The first-order valence-corrected chi connectivity index (χ1v) is 10.0. The Morgan fingerprint density at radius 3 is 2.44 bits per heavy atom. The van der Waals surface area contributed by atoms with Gasteiger partial charge in [-0.2, -0.15) is 0 Å². The minimum absolute atomic E-state index is 0.0635. The second-order valence-corrected chi connectivity index (χ2v) is 7.68. The quantitative estimate of drug-likeness (QED) is 0.792. The van der Waals surface area contributed by atoms with Crippen molar-refractivity contribution >= 4 is 11.6 Å². The molecule has 0 aromatic heterocycles. The minimum atomic E-state index is -0.159. The predicted octanol–water partition coefficient (Wildman–Crippen LogP) is 3.74. The first-order chi connectivity index (χ1) is 12.2. The summed E-state index contributed by atoms with van der Waals surface area (Å²) in [6.07, 6.45) is 8.77. The van der Waals surface area contributed by atoms with Crippen LogP contribution in [0.2, 0.25) is 0 Å². The number of nitrogens with zero attached hydrogens (tertiary/aromatic N) is 1. The van der Waals surface area contributed by atoms with Gasteiger partial charge in [-0.3, -0.25) is 4.79 Å². The second kappa shape index (κ2) is 8.70. The standard InChI is InChI=1S/C21H32N2O2/c1-2-3-7-20(16-5-4-6-16)22-21(25)17-8-10-18(11-9-17)23-14-12-19(24)13-15-23/h8-11,16,19-20,24H,2-7,12-15H2,1H3,(H,22,25). The van der Waals surface area contributed by atoms with Crippen molar-refractivity contribution in [3.05, 3.63) is 29.8 Å². The largest absolute Gasteiger partial charge is 0.393 e. The lowest BCUT2D eigenvalue weighted by molar-refractivity contribution is 0.0895. The van der Waals surface area contributed by atoms with Crippen molar-refractivity contribution in [1.29, 1.82) is 0 Å². The van der Waals surface area contributed by atoms with Crippen molar-refractivity contribution < 1.29 is 9.90 Å². The highest BCUT2D eigenvalue weighted by molar-refractivity contribution is 5.94. The number of benzene rings is 1. The van der Waals surface area contributed by atoms with E-state index in [2.05, 4.69) is 17.1 Å². The molecule has 0 radical (unpaired) electrons. The van der Waals surface area contributed by atoms with Gasteiger partial charge in [-0.05, 0) is 62.3 Å². The minimum Gasteiger partial charge on any atom is -0.393 e. The number of aliphatic hydroxyl groups excluding tert-OH is 1.